The average Bonchev–Trinajstić information content (AvgIpc) is 2.90. The lowest BCUT2D eigenvalue weighted by atomic mass is 10.2. The number of anilines is 1. The molecule has 2 aromatic carbocycles. The van der Waals surface area contributed by atoms with Gasteiger partial charge in [-0.15, -0.1) is 0 Å². The van der Waals surface area contributed by atoms with Crippen molar-refractivity contribution in [3.05, 3.63) is 62.5 Å². The number of carbonyl (C=O) groups excluding carboxylic acids is 1. The maximum absolute atomic E-state index is 13.0. The topological polar surface area (TPSA) is 112 Å². The lowest BCUT2D eigenvalue weighted by molar-refractivity contribution is -0.192. The number of nitrogens with one attached hydrogen (secondary N) is 1. The van der Waals surface area contributed by atoms with E-state index in [1.165, 1.54) is 0 Å². The molecule has 9 nitrogen and oxygen atoms in total. The Balaban J connectivity index is 0.000000708. The number of aliphatic hydroxyl groups is 1. The third kappa shape index (κ3) is 13.0. The zero-order chi connectivity index (χ0) is 29.7. The Morgan fingerprint density at radius 3 is 2.33 bits per heavy atom. The Kier molecular flexibility index (Phi) is 14.5. The van der Waals surface area contributed by atoms with Crippen LogP contribution < -0.4 is 5.32 Å². The SMILES string of the molecule is O=C(Nc1ccc(Br)cc1)N(CCN1CCOCC1)CC(O)COCc1ccc(Cl)c(Cl)c1.O=C(O)C(F)(F)F. The molecule has 1 saturated heterocycles. The van der Waals surface area contributed by atoms with Gasteiger partial charge in [0.25, 0.3) is 0 Å². The number of amides is 2. The lowest BCUT2D eigenvalue weighted by Gasteiger charge is -2.31. The first-order valence-corrected chi connectivity index (χ1v) is 13.5. The van der Waals surface area contributed by atoms with Crippen LogP contribution in [0.4, 0.5) is 23.7 Å². The number of aliphatic hydroxyl groups excluding tert-OH is 1. The largest absolute Gasteiger partial charge is 0.490 e. The highest BCUT2D eigenvalue weighted by Crippen LogP contribution is 2.23. The summed E-state index contributed by atoms with van der Waals surface area (Å²) in [6.07, 6.45) is -5.92. The smallest absolute Gasteiger partial charge is 0.475 e. The van der Waals surface area contributed by atoms with E-state index in [1.807, 2.05) is 30.3 Å². The molecule has 1 unspecified atom stereocenters. The van der Waals surface area contributed by atoms with Crippen LogP contribution in [0.1, 0.15) is 5.56 Å². The second kappa shape index (κ2) is 17.0. The summed E-state index contributed by atoms with van der Waals surface area (Å²) < 4.78 is 43.7. The van der Waals surface area contributed by atoms with Crippen molar-refractivity contribution in [2.45, 2.75) is 18.9 Å². The highest BCUT2D eigenvalue weighted by Gasteiger charge is 2.38. The minimum atomic E-state index is -5.08. The molecular formula is C25H29BrCl2F3N3O6. The molecule has 3 rings (SSSR count). The quantitative estimate of drug-likeness (QED) is 0.320. The van der Waals surface area contributed by atoms with Crippen molar-refractivity contribution >= 4 is 56.8 Å². The number of rotatable bonds is 10. The Hall–Kier alpha value is -2.13. The van der Waals surface area contributed by atoms with Crippen LogP contribution in [-0.4, -0.2) is 96.8 Å². The highest BCUT2D eigenvalue weighted by atomic mass is 79.9. The molecule has 0 radical (unpaired) electrons. The number of carboxylic acids is 1. The van der Waals surface area contributed by atoms with Gasteiger partial charge in [-0.2, -0.15) is 13.2 Å². The number of alkyl halides is 3. The number of aliphatic carboxylic acids is 1. The van der Waals surface area contributed by atoms with Gasteiger partial charge in [-0.1, -0.05) is 45.2 Å². The molecule has 0 saturated carbocycles. The molecule has 1 heterocycles. The fraction of sp³-hybridized carbons (Fsp3) is 0.440. The molecule has 222 valence electrons. The number of carbonyl (C=O) groups is 2. The lowest BCUT2D eigenvalue weighted by Crippen LogP contribution is -2.47. The van der Waals surface area contributed by atoms with Gasteiger partial charge in [0.15, 0.2) is 0 Å². The number of benzene rings is 2. The molecule has 2 aromatic rings. The number of hydrogen-bond acceptors (Lipinski definition) is 6. The van der Waals surface area contributed by atoms with E-state index in [0.29, 0.717) is 42.0 Å². The number of urea groups is 1. The second-order valence-corrected chi connectivity index (χ2v) is 10.3. The van der Waals surface area contributed by atoms with E-state index in [1.54, 1.807) is 17.0 Å². The fourth-order valence-electron chi connectivity index (χ4n) is 3.35. The van der Waals surface area contributed by atoms with Crippen molar-refractivity contribution in [3.63, 3.8) is 0 Å². The van der Waals surface area contributed by atoms with E-state index >= 15 is 0 Å². The van der Waals surface area contributed by atoms with E-state index in [0.717, 1.165) is 23.1 Å². The first-order chi connectivity index (χ1) is 18.8. The highest BCUT2D eigenvalue weighted by molar-refractivity contribution is 9.10. The van der Waals surface area contributed by atoms with E-state index in [2.05, 4.69) is 26.1 Å². The number of ether oxygens (including phenoxy) is 2. The molecule has 40 heavy (non-hydrogen) atoms. The summed E-state index contributed by atoms with van der Waals surface area (Å²) in [5.41, 5.74) is 1.54. The molecule has 0 aliphatic carbocycles. The van der Waals surface area contributed by atoms with Crippen molar-refractivity contribution in [2.24, 2.45) is 0 Å². The van der Waals surface area contributed by atoms with E-state index in [-0.39, 0.29) is 25.8 Å². The van der Waals surface area contributed by atoms with E-state index in [9.17, 15) is 23.1 Å². The maximum Gasteiger partial charge on any atom is 0.490 e. The Morgan fingerprint density at radius 1 is 1.12 bits per heavy atom. The van der Waals surface area contributed by atoms with Crippen LogP contribution in [-0.2, 0) is 20.9 Å². The normalized spacial score (nSPS) is 14.6. The number of hydrogen-bond donors (Lipinski definition) is 3. The third-order valence-corrected chi connectivity index (χ3v) is 6.68. The molecular weight excluding hydrogens is 646 g/mol. The summed E-state index contributed by atoms with van der Waals surface area (Å²) >= 11 is 15.4. The van der Waals surface area contributed by atoms with Gasteiger partial charge in [0.2, 0.25) is 0 Å². The molecule has 3 N–H and O–H groups in total. The van der Waals surface area contributed by atoms with Crippen LogP contribution in [0.5, 0.6) is 0 Å². The molecule has 1 atom stereocenters. The summed E-state index contributed by atoms with van der Waals surface area (Å²) in [5, 5.41) is 21.5. The van der Waals surface area contributed by atoms with Crippen molar-refractivity contribution < 1.29 is 42.4 Å². The Bertz CT molecular complexity index is 1090. The molecule has 0 bridgehead atoms. The zero-order valence-corrected chi connectivity index (χ0v) is 24.3. The minimum Gasteiger partial charge on any atom is -0.475 e. The number of morpholine rings is 1. The Morgan fingerprint density at radius 2 is 1.75 bits per heavy atom. The molecule has 1 fully saturated rings. The van der Waals surface area contributed by atoms with Crippen LogP contribution in [0.2, 0.25) is 10.0 Å². The number of nitrogens with zero attached hydrogens (tertiary/aromatic N) is 2. The predicted molar refractivity (Wildman–Crippen MR) is 148 cm³/mol. The monoisotopic (exact) mass is 673 g/mol. The van der Waals surface area contributed by atoms with Crippen molar-refractivity contribution in [2.75, 3.05) is 57.9 Å². The van der Waals surface area contributed by atoms with Crippen molar-refractivity contribution in [3.8, 4) is 0 Å². The van der Waals surface area contributed by atoms with Crippen LogP contribution >= 0.6 is 39.1 Å². The van der Waals surface area contributed by atoms with Crippen LogP contribution in [0.25, 0.3) is 0 Å². The molecule has 0 spiro atoms. The van der Waals surface area contributed by atoms with Gasteiger partial charge in [-0.3, -0.25) is 4.90 Å². The van der Waals surface area contributed by atoms with Crippen LogP contribution in [0, 0.1) is 0 Å². The molecule has 15 heteroatoms. The predicted octanol–water partition coefficient (Wildman–Crippen LogP) is 5.13. The first-order valence-electron chi connectivity index (χ1n) is 12.0. The summed E-state index contributed by atoms with van der Waals surface area (Å²) in [4.78, 5) is 25.7. The van der Waals surface area contributed by atoms with Gasteiger partial charge in [-0.05, 0) is 42.0 Å². The Labute approximate surface area is 247 Å². The summed E-state index contributed by atoms with van der Waals surface area (Å²) in [6, 6.07) is 12.3. The number of carboxylic acid groups (broad SMARTS) is 1. The van der Waals surface area contributed by atoms with Gasteiger partial charge in [0.1, 0.15) is 0 Å². The van der Waals surface area contributed by atoms with Gasteiger partial charge >= 0.3 is 18.2 Å². The summed E-state index contributed by atoms with van der Waals surface area (Å²) in [7, 11) is 0. The van der Waals surface area contributed by atoms with E-state index in [4.69, 9.17) is 42.6 Å². The fourth-order valence-corrected chi connectivity index (χ4v) is 3.93. The molecule has 1 aliphatic rings. The standard InChI is InChI=1S/C23H28BrCl2N3O4.C2HF3O2/c24-18-2-4-19(5-3-18)27-23(31)29(8-7-28-9-11-32-12-10-28)14-20(30)16-33-15-17-1-6-21(25)22(26)13-17;3-2(4,5)1(6)7/h1-6,13,20,30H,7-12,14-16H2,(H,27,31);(H,6,7). The molecule has 2 amide bonds. The van der Waals surface area contributed by atoms with Gasteiger partial charge in [0, 0.05) is 36.3 Å². The van der Waals surface area contributed by atoms with Gasteiger partial charge in [-0.25, -0.2) is 9.59 Å². The first kappa shape index (κ1) is 34.1. The number of halogens is 6. The second-order valence-electron chi connectivity index (χ2n) is 8.56. The molecule has 1 aliphatic heterocycles. The van der Waals surface area contributed by atoms with Crippen molar-refractivity contribution in [1.29, 1.82) is 0 Å². The summed E-state index contributed by atoms with van der Waals surface area (Å²) in [5.74, 6) is -2.76. The minimum absolute atomic E-state index is 0.0832. The van der Waals surface area contributed by atoms with Crippen molar-refractivity contribution in [1.82, 2.24) is 9.80 Å². The van der Waals surface area contributed by atoms with Gasteiger partial charge in [0.05, 0.1) is 49.1 Å². The third-order valence-electron chi connectivity index (χ3n) is 5.41. The zero-order valence-electron chi connectivity index (χ0n) is 21.2. The maximum atomic E-state index is 13.0. The van der Waals surface area contributed by atoms with Crippen LogP contribution in [0.15, 0.2) is 46.9 Å². The van der Waals surface area contributed by atoms with Crippen LogP contribution in [0.3, 0.4) is 0 Å². The summed E-state index contributed by atoms with van der Waals surface area (Å²) in [6.45, 7) is 4.74. The molecule has 0 aromatic heterocycles. The average molecular weight is 675 g/mol. The van der Waals surface area contributed by atoms with Gasteiger partial charge < -0.3 is 29.9 Å². The van der Waals surface area contributed by atoms with E-state index < -0.39 is 18.2 Å².